The van der Waals surface area contributed by atoms with E-state index in [-0.39, 0.29) is 10.8 Å². The van der Waals surface area contributed by atoms with E-state index in [2.05, 4.69) is 17.1 Å². The average Bonchev–Trinajstić information content (AvgIpc) is 2.68. The molecule has 1 aromatic rings. The summed E-state index contributed by atoms with van der Waals surface area (Å²) in [5.74, 6) is 1.34. The molecule has 2 fully saturated rings. The lowest BCUT2D eigenvalue weighted by molar-refractivity contribution is -0.132. The van der Waals surface area contributed by atoms with Gasteiger partial charge in [-0.2, -0.15) is 0 Å². The Morgan fingerprint density at radius 1 is 1.15 bits per heavy atom. The minimum atomic E-state index is -3.67. The van der Waals surface area contributed by atoms with Crippen LogP contribution in [-0.4, -0.2) is 58.5 Å². The zero-order valence-electron chi connectivity index (χ0n) is 15.9. The summed E-state index contributed by atoms with van der Waals surface area (Å²) in [6, 6.07) is 6.61. The third-order valence-electron chi connectivity index (χ3n) is 5.85. The summed E-state index contributed by atoms with van der Waals surface area (Å²) < 4.78 is 22.7. The van der Waals surface area contributed by atoms with Crippen molar-refractivity contribution in [2.24, 2.45) is 17.0 Å². The lowest BCUT2D eigenvalue weighted by atomic mass is 9.84. The number of nitrogens with two attached hydrogens (primary N) is 1. The summed E-state index contributed by atoms with van der Waals surface area (Å²) in [5.41, 5.74) is 0.956. The first kappa shape index (κ1) is 20.1. The number of benzene rings is 1. The molecule has 0 aliphatic carbocycles. The van der Waals surface area contributed by atoms with Gasteiger partial charge in [-0.15, -0.1) is 0 Å². The number of nitrogens with zero attached hydrogens (tertiary/aromatic N) is 2. The lowest BCUT2D eigenvalue weighted by Crippen LogP contribution is -2.49. The van der Waals surface area contributed by atoms with Gasteiger partial charge >= 0.3 is 0 Å². The number of nitrogens with one attached hydrogen (secondary N) is 1. The molecule has 3 N–H and O–H groups in total. The van der Waals surface area contributed by atoms with Crippen LogP contribution in [0.25, 0.3) is 0 Å². The molecule has 7 nitrogen and oxygen atoms in total. The quantitative estimate of drug-likeness (QED) is 0.777. The van der Waals surface area contributed by atoms with Crippen LogP contribution in [0, 0.1) is 11.8 Å². The van der Waals surface area contributed by atoms with Crippen molar-refractivity contribution in [2.45, 2.75) is 31.1 Å². The predicted molar refractivity (Wildman–Crippen MR) is 106 cm³/mol. The van der Waals surface area contributed by atoms with Crippen molar-refractivity contribution in [3.05, 3.63) is 24.3 Å². The normalized spacial score (nSPS) is 20.5. The van der Waals surface area contributed by atoms with E-state index in [1.54, 1.807) is 12.1 Å². The van der Waals surface area contributed by atoms with E-state index in [9.17, 15) is 13.2 Å². The number of carbonyl (C=O) groups is 1. The Morgan fingerprint density at radius 2 is 1.74 bits per heavy atom. The fraction of sp³-hybridized carbons (Fsp3) is 0.632. The van der Waals surface area contributed by atoms with Gasteiger partial charge in [0.05, 0.1) is 4.90 Å². The van der Waals surface area contributed by atoms with E-state index >= 15 is 0 Å². The van der Waals surface area contributed by atoms with Crippen LogP contribution in [0.5, 0.6) is 0 Å². The summed E-state index contributed by atoms with van der Waals surface area (Å²) in [6.07, 6.45) is 2.96. The average molecular weight is 395 g/mol. The van der Waals surface area contributed by atoms with E-state index in [1.165, 1.54) is 12.1 Å². The van der Waals surface area contributed by atoms with Crippen molar-refractivity contribution in [1.82, 2.24) is 10.2 Å². The molecule has 2 aliphatic heterocycles. The third kappa shape index (κ3) is 5.21. The highest BCUT2D eigenvalue weighted by molar-refractivity contribution is 7.89. The summed E-state index contributed by atoms with van der Waals surface area (Å²) in [6.45, 7) is 7.24. The van der Waals surface area contributed by atoms with Crippen LogP contribution in [-0.2, 0) is 14.8 Å². The van der Waals surface area contributed by atoms with Gasteiger partial charge in [0.1, 0.15) is 0 Å². The molecule has 1 atom stereocenters. The number of hydrogen-bond donors (Lipinski definition) is 2. The minimum Gasteiger partial charge on any atom is -0.368 e. The molecule has 27 heavy (non-hydrogen) atoms. The molecule has 0 radical (unpaired) electrons. The predicted octanol–water partition coefficient (Wildman–Crippen LogP) is 1.01. The Bertz CT molecular complexity index is 737. The molecule has 2 aliphatic rings. The molecule has 1 amide bonds. The molecular weight excluding hydrogens is 364 g/mol. The number of piperazine rings is 1. The molecule has 8 heteroatoms. The molecular formula is C19H30N4O3S. The number of rotatable bonds is 5. The van der Waals surface area contributed by atoms with E-state index in [4.69, 9.17) is 5.14 Å². The van der Waals surface area contributed by atoms with Crippen molar-refractivity contribution in [2.75, 3.05) is 44.2 Å². The van der Waals surface area contributed by atoms with E-state index < -0.39 is 10.0 Å². The Balaban J connectivity index is 1.50. The Labute approximate surface area is 161 Å². The molecule has 1 aromatic carbocycles. The maximum Gasteiger partial charge on any atom is 0.238 e. The topological polar surface area (TPSA) is 95.7 Å². The van der Waals surface area contributed by atoms with Crippen molar-refractivity contribution >= 4 is 21.6 Å². The van der Waals surface area contributed by atoms with Crippen molar-refractivity contribution in [3.63, 3.8) is 0 Å². The van der Waals surface area contributed by atoms with Crippen LogP contribution in [0.15, 0.2) is 29.2 Å². The molecule has 150 valence electrons. The van der Waals surface area contributed by atoms with E-state index in [0.717, 1.165) is 44.7 Å². The molecule has 2 heterocycles. The van der Waals surface area contributed by atoms with E-state index in [1.807, 2.05) is 4.90 Å². The minimum absolute atomic E-state index is 0.118. The first-order valence-electron chi connectivity index (χ1n) is 9.71. The number of carbonyl (C=O) groups excluding carboxylic acids is 1. The zero-order chi connectivity index (χ0) is 19.4. The summed E-state index contributed by atoms with van der Waals surface area (Å²) in [5, 5.41) is 8.52. The fourth-order valence-corrected chi connectivity index (χ4v) is 4.56. The van der Waals surface area contributed by atoms with Crippen LogP contribution in [0.1, 0.15) is 26.2 Å². The Kier molecular flexibility index (Phi) is 6.39. The second-order valence-electron chi connectivity index (χ2n) is 7.68. The van der Waals surface area contributed by atoms with Gasteiger partial charge in [-0.1, -0.05) is 6.92 Å². The van der Waals surface area contributed by atoms with Crippen LogP contribution < -0.4 is 15.4 Å². The Hall–Kier alpha value is -1.64. The zero-order valence-corrected chi connectivity index (χ0v) is 16.7. The lowest BCUT2D eigenvalue weighted by Gasteiger charge is -2.37. The van der Waals surface area contributed by atoms with Crippen LogP contribution in [0.3, 0.4) is 0 Å². The van der Waals surface area contributed by atoms with Crippen LogP contribution in [0.4, 0.5) is 5.69 Å². The maximum atomic E-state index is 12.7. The molecule has 3 rings (SSSR count). The summed E-state index contributed by atoms with van der Waals surface area (Å²) in [4.78, 5) is 16.9. The second kappa shape index (κ2) is 8.58. The first-order valence-corrected chi connectivity index (χ1v) is 11.3. The largest absolute Gasteiger partial charge is 0.368 e. The van der Waals surface area contributed by atoms with Gasteiger partial charge in [0, 0.05) is 38.3 Å². The van der Waals surface area contributed by atoms with Crippen molar-refractivity contribution in [3.8, 4) is 0 Å². The molecule has 0 saturated carbocycles. The van der Waals surface area contributed by atoms with Crippen molar-refractivity contribution < 1.29 is 13.2 Å². The number of amides is 1. The van der Waals surface area contributed by atoms with E-state index in [0.29, 0.717) is 31.3 Å². The monoisotopic (exact) mass is 394 g/mol. The fourth-order valence-electron chi connectivity index (χ4n) is 4.05. The molecule has 1 unspecified atom stereocenters. The standard InChI is InChI=1S/C19H30N4O3S/c1-15(16-6-8-21-9-7-16)14-19(24)23-12-10-22(11-13-23)17-2-4-18(5-3-17)27(20,25)26/h2-5,15-16,21H,6-14H2,1H3,(H2,20,25,26). The molecule has 2 saturated heterocycles. The maximum absolute atomic E-state index is 12.7. The van der Waals surface area contributed by atoms with Gasteiger partial charge in [0.2, 0.25) is 15.9 Å². The highest BCUT2D eigenvalue weighted by atomic mass is 32.2. The Morgan fingerprint density at radius 3 is 2.30 bits per heavy atom. The smallest absolute Gasteiger partial charge is 0.238 e. The number of hydrogen-bond acceptors (Lipinski definition) is 5. The van der Waals surface area contributed by atoms with Crippen LogP contribution in [0.2, 0.25) is 0 Å². The SMILES string of the molecule is CC(CC(=O)N1CCN(c2ccc(S(N)(=O)=O)cc2)CC1)C1CCNCC1. The third-order valence-corrected chi connectivity index (χ3v) is 6.78. The van der Waals surface area contributed by atoms with Gasteiger partial charge in [-0.25, -0.2) is 13.6 Å². The number of anilines is 1. The van der Waals surface area contributed by atoms with Gasteiger partial charge < -0.3 is 15.1 Å². The molecule has 0 bridgehead atoms. The first-order chi connectivity index (χ1) is 12.8. The van der Waals surface area contributed by atoms with Crippen LogP contribution >= 0.6 is 0 Å². The van der Waals surface area contributed by atoms with Gasteiger partial charge in [0.15, 0.2) is 0 Å². The second-order valence-corrected chi connectivity index (χ2v) is 9.24. The number of piperidine rings is 1. The highest BCUT2D eigenvalue weighted by Crippen LogP contribution is 2.25. The number of sulfonamides is 1. The van der Waals surface area contributed by atoms with Gasteiger partial charge in [-0.05, 0) is 62.0 Å². The molecule has 0 aromatic heterocycles. The molecule has 0 spiro atoms. The van der Waals surface area contributed by atoms with Gasteiger partial charge in [-0.3, -0.25) is 4.79 Å². The van der Waals surface area contributed by atoms with Crippen molar-refractivity contribution in [1.29, 1.82) is 0 Å². The summed E-state index contributed by atoms with van der Waals surface area (Å²) in [7, 11) is -3.67. The van der Waals surface area contributed by atoms with Gasteiger partial charge in [0.25, 0.3) is 0 Å². The summed E-state index contributed by atoms with van der Waals surface area (Å²) >= 11 is 0. The number of primary sulfonamides is 1. The highest BCUT2D eigenvalue weighted by Gasteiger charge is 2.26.